The number of nitrogens with zero attached hydrogens (tertiary/aromatic N) is 2. The Labute approximate surface area is 169 Å². The number of fused-ring (bicyclic) bond motifs is 3. The van der Waals surface area contributed by atoms with Crippen molar-refractivity contribution in [1.29, 1.82) is 0 Å². The third-order valence-electron chi connectivity index (χ3n) is 5.55. The minimum absolute atomic E-state index is 0. The zero-order chi connectivity index (χ0) is 19.0. The zero-order valence-electron chi connectivity index (χ0n) is 15.7. The van der Waals surface area contributed by atoms with Crippen LogP contribution in [0.1, 0.15) is 24.8 Å². The highest BCUT2D eigenvalue weighted by Gasteiger charge is 2.42. The third kappa shape index (κ3) is 3.98. The Morgan fingerprint density at radius 2 is 1.86 bits per heavy atom. The van der Waals surface area contributed by atoms with Crippen molar-refractivity contribution in [2.24, 2.45) is 0 Å². The maximum absolute atomic E-state index is 14.0. The van der Waals surface area contributed by atoms with Gasteiger partial charge >= 0.3 is 0 Å². The second kappa shape index (κ2) is 8.45. The molecule has 2 aliphatic heterocycles. The Hall–Kier alpha value is -2.18. The number of likely N-dealkylation sites (tertiary alicyclic amines) is 1. The number of benzene rings is 2. The molecule has 2 atom stereocenters. The van der Waals surface area contributed by atoms with Gasteiger partial charge in [-0.25, -0.2) is 8.78 Å². The lowest BCUT2D eigenvalue weighted by atomic mass is 9.89. The van der Waals surface area contributed by atoms with Crippen LogP contribution in [0.4, 0.5) is 20.2 Å². The Morgan fingerprint density at radius 1 is 1.14 bits per heavy atom. The van der Waals surface area contributed by atoms with Crippen molar-refractivity contribution in [1.82, 2.24) is 10.2 Å². The molecular formula is C21H24ClF2N3O. The molecule has 0 aromatic heterocycles. The minimum atomic E-state index is -0.262. The number of carbonyl (C=O) groups is 1. The quantitative estimate of drug-likeness (QED) is 0.836. The third-order valence-corrected chi connectivity index (χ3v) is 5.55. The van der Waals surface area contributed by atoms with Gasteiger partial charge in [0, 0.05) is 56.4 Å². The fourth-order valence-corrected chi connectivity index (χ4v) is 4.37. The summed E-state index contributed by atoms with van der Waals surface area (Å²) in [6.07, 6.45) is 0.929. The maximum atomic E-state index is 14.0. The monoisotopic (exact) mass is 407 g/mol. The van der Waals surface area contributed by atoms with Crippen LogP contribution < -0.4 is 10.2 Å². The number of hydrogen-bond acceptors (Lipinski definition) is 3. The van der Waals surface area contributed by atoms with Gasteiger partial charge in [0.25, 0.3) is 0 Å². The number of rotatable bonds is 4. The summed E-state index contributed by atoms with van der Waals surface area (Å²) in [4.78, 5) is 15.6. The van der Waals surface area contributed by atoms with Crippen LogP contribution in [0.3, 0.4) is 0 Å². The molecule has 0 bridgehead atoms. The average molecular weight is 408 g/mol. The normalized spacial score (nSPS) is 20.9. The second-order valence-corrected chi connectivity index (χ2v) is 7.30. The number of nitrogens with one attached hydrogen (secondary N) is 1. The molecule has 4 nitrogen and oxygen atoms in total. The van der Waals surface area contributed by atoms with Gasteiger partial charge in [0.15, 0.2) is 0 Å². The number of hydrogen-bond donors (Lipinski definition) is 1. The van der Waals surface area contributed by atoms with Crippen molar-refractivity contribution in [2.75, 3.05) is 31.1 Å². The largest absolute Gasteiger partial charge is 0.355 e. The molecule has 0 spiro atoms. The summed E-state index contributed by atoms with van der Waals surface area (Å²) in [6, 6.07) is 11.7. The molecule has 1 N–H and O–H groups in total. The van der Waals surface area contributed by atoms with E-state index in [0.717, 1.165) is 43.0 Å². The SMILES string of the molecule is CC(=O)NCCN1CC[C@@H]2C(C1)c1cc(F)ccc1N2c1ccc(F)cc1.Cl. The number of piperidine rings is 1. The first-order valence-electron chi connectivity index (χ1n) is 9.34. The van der Waals surface area contributed by atoms with Crippen LogP contribution in [0.5, 0.6) is 0 Å². The van der Waals surface area contributed by atoms with Gasteiger partial charge in [-0.2, -0.15) is 0 Å². The fourth-order valence-electron chi connectivity index (χ4n) is 4.37. The molecule has 1 saturated heterocycles. The van der Waals surface area contributed by atoms with Crippen molar-refractivity contribution in [3.63, 3.8) is 0 Å². The maximum Gasteiger partial charge on any atom is 0.216 e. The summed E-state index contributed by atoms with van der Waals surface area (Å²) >= 11 is 0. The molecule has 0 aliphatic carbocycles. The summed E-state index contributed by atoms with van der Waals surface area (Å²) < 4.78 is 27.3. The molecule has 2 heterocycles. The molecule has 2 aromatic rings. The van der Waals surface area contributed by atoms with Crippen LogP contribution in [-0.4, -0.2) is 43.0 Å². The molecule has 4 rings (SSSR count). The van der Waals surface area contributed by atoms with Gasteiger partial charge in [0.2, 0.25) is 5.91 Å². The summed E-state index contributed by atoms with van der Waals surface area (Å²) in [5.41, 5.74) is 2.94. The van der Waals surface area contributed by atoms with Gasteiger partial charge in [0.1, 0.15) is 11.6 Å². The summed E-state index contributed by atoms with van der Waals surface area (Å²) in [5, 5.41) is 2.83. The molecule has 0 radical (unpaired) electrons. The molecule has 2 aliphatic rings. The zero-order valence-corrected chi connectivity index (χ0v) is 16.5. The predicted molar refractivity (Wildman–Crippen MR) is 108 cm³/mol. The molecule has 0 saturated carbocycles. The number of halogens is 3. The van der Waals surface area contributed by atoms with E-state index >= 15 is 0 Å². The Morgan fingerprint density at radius 3 is 2.57 bits per heavy atom. The predicted octanol–water partition coefficient (Wildman–Crippen LogP) is 3.83. The highest BCUT2D eigenvalue weighted by Crippen LogP contribution is 2.48. The van der Waals surface area contributed by atoms with E-state index in [0.29, 0.717) is 6.54 Å². The van der Waals surface area contributed by atoms with E-state index in [9.17, 15) is 13.6 Å². The van der Waals surface area contributed by atoms with Gasteiger partial charge in [-0.3, -0.25) is 4.79 Å². The molecule has 1 unspecified atom stereocenters. The number of amides is 1. The van der Waals surface area contributed by atoms with Gasteiger partial charge in [-0.15, -0.1) is 12.4 Å². The van der Waals surface area contributed by atoms with E-state index in [4.69, 9.17) is 0 Å². The van der Waals surface area contributed by atoms with Crippen molar-refractivity contribution < 1.29 is 13.6 Å². The van der Waals surface area contributed by atoms with E-state index < -0.39 is 0 Å². The summed E-state index contributed by atoms with van der Waals surface area (Å²) in [5.74, 6) is -0.335. The molecule has 7 heteroatoms. The average Bonchev–Trinajstić information content (AvgIpc) is 2.95. The van der Waals surface area contributed by atoms with E-state index in [-0.39, 0.29) is 41.9 Å². The van der Waals surface area contributed by atoms with Crippen LogP contribution in [0.15, 0.2) is 42.5 Å². The first-order chi connectivity index (χ1) is 13.0. The van der Waals surface area contributed by atoms with E-state index in [1.54, 1.807) is 18.2 Å². The van der Waals surface area contributed by atoms with Gasteiger partial charge in [-0.1, -0.05) is 0 Å². The highest BCUT2D eigenvalue weighted by atomic mass is 35.5. The second-order valence-electron chi connectivity index (χ2n) is 7.30. The van der Waals surface area contributed by atoms with E-state index in [1.165, 1.54) is 25.1 Å². The van der Waals surface area contributed by atoms with Gasteiger partial charge in [-0.05, 0) is 54.4 Å². The molecular weight excluding hydrogens is 384 g/mol. The molecule has 2 aromatic carbocycles. The van der Waals surface area contributed by atoms with Crippen LogP contribution >= 0.6 is 12.4 Å². The van der Waals surface area contributed by atoms with Crippen LogP contribution in [0.25, 0.3) is 0 Å². The molecule has 150 valence electrons. The summed E-state index contributed by atoms with van der Waals surface area (Å²) in [7, 11) is 0. The molecule has 28 heavy (non-hydrogen) atoms. The van der Waals surface area contributed by atoms with Gasteiger partial charge in [0.05, 0.1) is 0 Å². The van der Waals surface area contributed by atoms with Crippen molar-refractivity contribution in [3.8, 4) is 0 Å². The van der Waals surface area contributed by atoms with Crippen molar-refractivity contribution in [2.45, 2.75) is 25.3 Å². The molecule has 1 fully saturated rings. The standard InChI is InChI=1S/C21H23F2N3O.ClH/c1-14(27)24-9-11-25-10-8-21-19(13-25)18-12-16(23)4-7-20(18)26(21)17-5-2-15(22)3-6-17;/h2-7,12,19,21H,8-11,13H2,1H3,(H,24,27);1H/t19?,21-;/m1./s1. The Balaban J connectivity index is 0.00000225. The van der Waals surface area contributed by atoms with Crippen LogP contribution in [-0.2, 0) is 4.79 Å². The van der Waals surface area contributed by atoms with E-state index in [2.05, 4.69) is 15.1 Å². The van der Waals surface area contributed by atoms with Crippen LogP contribution in [0, 0.1) is 11.6 Å². The first kappa shape index (κ1) is 20.6. The van der Waals surface area contributed by atoms with Gasteiger partial charge < -0.3 is 15.1 Å². The van der Waals surface area contributed by atoms with Crippen molar-refractivity contribution >= 4 is 29.7 Å². The lowest BCUT2D eigenvalue weighted by Crippen LogP contribution is -2.46. The minimum Gasteiger partial charge on any atom is -0.355 e. The molecule has 1 amide bonds. The topological polar surface area (TPSA) is 35.6 Å². The van der Waals surface area contributed by atoms with Crippen LogP contribution in [0.2, 0.25) is 0 Å². The summed E-state index contributed by atoms with van der Waals surface area (Å²) in [6.45, 7) is 4.64. The number of carbonyl (C=O) groups excluding carboxylic acids is 1. The lowest BCUT2D eigenvalue weighted by molar-refractivity contribution is -0.119. The smallest absolute Gasteiger partial charge is 0.216 e. The Bertz CT molecular complexity index is 846. The van der Waals surface area contributed by atoms with E-state index in [1.807, 2.05) is 6.07 Å². The Kier molecular flexibility index (Phi) is 6.20. The van der Waals surface area contributed by atoms with Crippen molar-refractivity contribution in [3.05, 3.63) is 59.7 Å². The highest BCUT2D eigenvalue weighted by molar-refractivity contribution is 5.85. The fraction of sp³-hybridized carbons (Fsp3) is 0.381. The first-order valence-corrected chi connectivity index (χ1v) is 9.34. The lowest BCUT2D eigenvalue weighted by Gasteiger charge is -2.39. The number of anilines is 2.